The molecule has 0 saturated heterocycles. The lowest BCUT2D eigenvalue weighted by Gasteiger charge is -2.16. The molecule has 0 radical (unpaired) electrons. The fourth-order valence-corrected chi connectivity index (χ4v) is 3.01. The molecule has 1 nitrogen and oxygen atoms in total. The van der Waals surface area contributed by atoms with Crippen LogP contribution in [0.3, 0.4) is 0 Å². The van der Waals surface area contributed by atoms with E-state index in [1.165, 1.54) is 41.9 Å². The van der Waals surface area contributed by atoms with Gasteiger partial charge in [0, 0.05) is 4.90 Å². The summed E-state index contributed by atoms with van der Waals surface area (Å²) in [5.41, 5.74) is 7.12. The van der Waals surface area contributed by atoms with E-state index in [9.17, 15) is 0 Å². The molecule has 18 heavy (non-hydrogen) atoms. The van der Waals surface area contributed by atoms with Crippen LogP contribution in [-0.2, 0) is 0 Å². The normalized spacial score (nSPS) is 12.6. The Balaban J connectivity index is 2.61. The molecule has 0 aliphatic heterocycles. The Bertz CT molecular complexity index is 307. The van der Waals surface area contributed by atoms with Crippen LogP contribution in [-0.4, -0.2) is 12.3 Å². The minimum absolute atomic E-state index is 0.698. The van der Waals surface area contributed by atoms with Gasteiger partial charge in [-0.2, -0.15) is 0 Å². The molecule has 0 amide bonds. The lowest BCUT2D eigenvalue weighted by molar-refractivity contribution is 0.549. The highest BCUT2D eigenvalue weighted by molar-refractivity contribution is 7.99. The molecule has 0 heterocycles. The molecule has 0 spiro atoms. The fourth-order valence-electron chi connectivity index (χ4n) is 2.25. The van der Waals surface area contributed by atoms with E-state index in [0.717, 1.165) is 13.0 Å². The molecule has 2 heteroatoms. The minimum atomic E-state index is 0.698. The summed E-state index contributed by atoms with van der Waals surface area (Å²) < 4.78 is 0. The van der Waals surface area contributed by atoms with Crippen LogP contribution in [0.5, 0.6) is 0 Å². The number of benzene rings is 1. The second kappa shape index (κ2) is 9.46. The molecule has 0 aliphatic carbocycles. The molecule has 0 fully saturated rings. The van der Waals surface area contributed by atoms with Crippen LogP contribution in [0.2, 0.25) is 0 Å². The molecule has 0 saturated carbocycles. The Hall–Kier alpha value is -0.470. The summed E-state index contributed by atoms with van der Waals surface area (Å²) >= 11 is 1.95. The molecule has 1 rings (SSSR count). The van der Waals surface area contributed by atoms with Gasteiger partial charge in [-0.05, 0) is 61.6 Å². The summed E-state index contributed by atoms with van der Waals surface area (Å²) in [6.45, 7) is 5.30. The van der Waals surface area contributed by atoms with Crippen molar-refractivity contribution in [1.82, 2.24) is 0 Å². The van der Waals surface area contributed by atoms with Crippen molar-refractivity contribution in [1.29, 1.82) is 0 Å². The third-order valence-electron chi connectivity index (χ3n) is 3.22. The van der Waals surface area contributed by atoms with Crippen molar-refractivity contribution in [2.45, 2.75) is 56.8 Å². The second-order valence-corrected chi connectivity index (χ2v) is 6.00. The zero-order valence-electron chi connectivity index (χ0n) is 11.8. The molecule has 0 bridgehead atoms. The molecular formula is C16H27NS. The van der Waals surface area contributed by atoms with Crippen molar-refractivity contribution in [3.8, 4) is 0 Å². The molecule has 1 unspecified atom stereocenters. The second-order valence-electron chi connectivity index (χ2n) is 4.83. The van der Waals surface area contributed by atoms with Gasteiger partial charge in [-0.25, -0.2) is 0 Å². The van der Waals surface area contributed by atoms with E-state index in [1.807, 2.05) is 11.8 Å². The summed E-state index contributed by atoms with van der Waals surface area (Å²) in [5.74, 6) is 1.91. The third-order valence-corrected chi connectivity index (χ3v) is 4.44. The highest BCUT2D eigenvalue weighted by atomic mass is 32.2. The molecular weight excluding hydrogens is 238 g/mol. The van der Waals surface area contributed by atoms with Gasteiger partial charge in [0.05, 0.1) is 0 Å². The van der Waals surface area contributed by atoms with Crippen LogP contribution in [0, 0.1) is 0 Å². The van der Waals surface area contributed by atoms with Crippen LogP contribution < -0.4 is 5.73 Å². The van der Waals surface area contributed by atoms with Gasteiger partial charge in [-0.3, -0.25) is 0 Å². The van der Waals surface area contributed by atoms with Crippen molar-refractivity contribution in [2.75, 3.05) is 12.3 Å². The number of hydrogen-bond acceptors (Lipinski definition) is 2. The van der Waals surface area contributed by atoms with Gasteiger partial charge in [0.15, 0.2) is 0 Å². The Morgan fingerprint density at radius 1 is 1.06 bits per heavy atom. The van der Waals surface area contributed by atoms with E-state index >= 15 is 0 Å². The zero-order chi connectivity index (χ0) is 13.2. The van der Waals surface area contributed by atoms with E-state index in [4.69, 9.17) is 5.73 Å². The van der Waals surface area contributed by atoms with E-state index < -0.39 is 0 Å². The highest BCUT2D eigenvalue weighted by Gasteiger charge is 2.09. The van der Waals surface area contributed by atoms with Crippen molar-refractivity contribution >= 4 is 11.8 Å². The first-order valence-electron chi connectivity index (χ1n) is 7.24. The van der Waals surface area contributed by atoms with E-state index in [0.29, 0.717) is 5.92 Å². The first kappa shape index (κ1) is 15.6. The number of nitrogens with two attached hydrogens (primary N) is 1. The van der Waals surface area contributed by atoms with Crippen LogP contribution in [0.4, 0.5) is 0 Å². The lowest BCUT2D eigenvalue weighted by Crippen LogP contribution is -2.04. The smallest absolute Gasteiger partial charge is 0.00721 e. The molecule has 0 aromatic heterocycles. The average Bonchev–Trinajstić information content (AvgIpc) is 2.42. The molecule has 102 valence electrons. The van der Waals surface area contributed by atoms with Crippen molar-refractivity contribution in [3.05, 3.63) is 29.8 Å². The number of rotatable bonds is 9. The quantitative estimate of drug-likeness (QED) is 0.648. The Morgan fingerprint density at radius 3 is 2.33 bits per heavy atom. The fraction of sp³-hybridized carbons (Fsp3) is 0.625. The Kier molecular flexibility index (Phi) is 8.19. The van der Waals surface area contributed by atoms with Gasteiger partial charge in [0.25, 0.3) is 0 Å². The predicted molar refractivity (Wildman–Crippen MR) is 83.4 cm³/mol. The first-order chi connectivity index (χ1) is 8.81. The van der Waals surface area contributed by atoms with Gasteiger partial charge in [0.2, 0.25) is 0 Å². The van der Waals surface area contributed by atoms with Gasteiger partial charge >= 0.3 is 0 Å². The summed E-state index contributed by atoms with van der Waals surface area (Å²) in [6.07, 6.45) is 6.13. The van der Waals surface area contributed by atoms with Crippen molar-refractivity contribution < 1.29 is 0 Å². The molecule has 0 aliphatic rings. The topological polar surface area (TPSA) is 26.0 Å². The number of hydrogen-bond donors (Lipinski definition) is 1. The Labute approximate surface area is 117 Å². The van der Waals surface area contributed by atoms with Crippen LogP contribution in [0.15, 0.2) is 29.2 Å². The highest BCUT2D eigenvalue weighted by Crippen LogP contribution is 2.28. The lowest BCUT2D eigenvalue weighted by atomic mass is 9.90. The maximum atomic E-state index is 5.63. The van der Waals surface area contributed by atoms with Crippen LogP contribution in [0.25, 0.3) is 0 Å². The minimum Gasteiger partial charge on any atom is -0.330 e. The Morgan fingerprint density at radius 2 is 1.78 bits per heavy atom. The maximum Gasteiger partial charge on any atom is 0.00721 e. The number of thioether (sulfide) groups is 1. The van der Waals surface area contributed by atoms with Gasteiger partial charge in [-0.1, -0.05) is 32.4 Å². The maximum absolute atomic E-state index is 5.63. The van der Waals surface area contributed by atoms with E-state index in [-0.39, 0.29) is 0 Å². The van der Waals surface area contributed by atoms with E-state index in [2.05, 4.69) is 38.1 Å². The first-order valence-corrected chi connectivity index (χ1v) is 8.23. The zero-order valence-corrected chi connectivity index (χ0v) is 12.6. The van der Waals surface area contributed by atoms with Gasteiger partial charge in [-0.15, -0.1) is 11.8 Å². The predicted octanol–water partition coefficient (Wildman–Crippen LogP) is 4.81. The molecule has 1 atom stereocenters. The summed E-state index contributed by atoms with van der Waals surface area (Å²) in [6, 6.07) is 9.19. The SMILES string of the molecule is CCCSc1ccc(C(CCC)CCCN)cc1. The van der Waals surface area contributed by atoms with Gasteiger partial charge < -0.3 is 5.73 Å². The summed E-state index contributed by atoms with van der Waals surface area (Å²) in [7, 11) is 0. The van der Waals surface area contributed by atoms with Crippen molar-refractivity contribution in [2.24, 2.45) is 5.73 Å². The van der Waals surface area contributed by atoms with Gasteiger partial charge in [0.1, 0.15) is 0 Å². The average molecular weight is 265 g/mol. The van der Waals surface area contributed by atoms with Crippen molar-refractivity contribution in [3.63, 3.8) is 0 Å². The summed E-state index contributed by atoms with van der Waals surface area (Å²) in [5, 5.41) is 0. The van der Waals surface area contributed by atoms with E-state index in [1.54, 1.807) is 0 Å². The standard InChI is InChI=1S/C16H27NS/c1-3-6-14(7-5-12-17)15-8-10-16(11-9-15)18-13-4-2/h8-11,14H,3-7,12-13,17H2,1-2H3. The monoisotopic (exact) mass is 265 g/mol. The van der Waals surface area contributed by atoms with Crippen LogP contribution >= 0.6 is 11.8 Å². The largest absolute Gasteiger partial charge is 0.330 e. The van der Waals surface area contributed by atoms with Crippen LogP contribution in [0.1, 0.15) is 57.4 Å². The third kappa shape index (κ3) is 5.45. The molecule has 1 aromatic rings. The molecule has 1 aromatic carbocycles. The molecule has 2 N–H and O–H groups in total. The summed E-state index contributed by atoms with van der Waals surface area (Å²) in [4.78, 5) is 1.40.